The quantitative estimate of drug-likeness (QED) is 0.338. The maximum absolute atomic E-state index is 13.4. The molecular formula is C25H21ClFN5O5S. The van der Waals surface area contributed by atoms with Crippen molar-refractivity contribution in [2.24, 2.45) is 11.1 Å². The largest absolute Gasteiger partial charge is 0.480 e. The molecule has 0 bridgehead atoms. The Morgan fingerprint density at radius 1 is 1.18 bits per heavy atom. The van der Waals surface area contributed by atoms with Crippen LogP contribution in [0.1, 0.15) is 12.8 Å². The molecule has 0 radical (unpaired) electrons. The molecule has 2 heterocycles. The third kappa shape index (κ3) is 4.68. The first-order valence-electron chi connectivity index (χ1n) is 11.3. The summed E-state index contributed by atoms with van der Waals surface area (Å²) in [6.45, 7) is 0.149. The van der Waals surface area contributed by atoms with Gasteiger partial charge in [0.1, 0.15) is 16.4 Å². The predicted molar refractivity (Wildman–Crippen MR) is 139 cm³/mol. The van der Waals surface area contributed by atoms with Crippen LogP contribution in [0.25, 0.3) is 22.0 Å². The van der Waals surface area contributed by atoms with E-state index in [4.69, 9.17) is 22.1 Å². The summed E-state index contributed by atoms with van der Waals surface area (Å²) in [6.07, 6.45) is 4.10. The fraction of sp³-hybridized carbons (Fsp3) is 0.200. The lowest BCUT2D eigenvalue weighted by molar-refractivity contribution is -0.123. The SMILES string of the molecule is COc1ncc(-c2ccc3ncn(CC4(C(N)=O)CC4)c(=O)c3c2)cc1NS(=O)(=O)c1ccc(F)cc1Cl. The summed E-state index contributed by atoms with van der Waals surface area (Å²) in [5.41, 5.74) is 5.94. The van der Waals surface area contributed by atoms with E-state index in [0.717, 1.165) is 18.2 Å². The van der Waals surface area contributed by atoms with Gasteiger partial charge in [-0.2, -0.15) is 0 Å². The van der Waals surface area contributed by atoms with E-state index in [-0.39, 0.29) is 33.6 Å². The van der Waals surface area contributed by atoms with E-state index >= 15 is 0 Å². The van der Waals surface area contributed by atoms with E-state index in [1.807, 2.05) is 0 Å². The third-order valence-corrected chi connectivity index (χ3v) is 8.33. The second-order valence-corrected chi connectivity index (χ2v) is 11.1. The minimum absolute atomic E-state index is 0.00576. The molecule has 0 saturated heterocycles. The maximum Gasteiger partial charge on any atom is 0.263 e. The van der Waals surface area contributed by atoms with Crippen LogP contribution in [0.4, 0.5) is 10.1 Å². The number of nitrogens with two attached hydrogens (primary N) is 1. The molecule has 1 saturated carbocycles. The Labute approximate surface area is 221 Å². The average molecular weight is 558 g/mol. The number of pyridine rings is 1. The highest BCUT2D eigenvalue weighted by Gasteiger charge is 2.49. The fourth-order valence-corrected chi connectivity index (χ4v) is 5.73. The lowest BCUT2D eigenvalue weighted by Gasteiger charge is -2.14. The molecule has 3 N–H and O–H groups in total. The van der Waals surface area contributed by atoms with E-state index in [1.165, 1.54) is 30.3 Å². The Kier molecular flexibility index (Phi) is 6.32. The topological polar surface area (TPSA) is 146 Å². The standard InChI is InChI=1S/C25H21ClFN5O5S/c1-37-22-20(31-38(35,36)21-5-3-16(27)10-18(21)26)9-15(11-29-22)14-2-4-19-17(8-14)23(33)32(13-30-19)12-25(6-7-25)24(28)34/h2-5,8-11,13,31H,6-7,12H2,1H3,(H2,28,34). The van der Waals surface area contributed by atoms with Gasteiger partial charge in [0, 0.05) is 18.3 Å². The first kappa shape index (κ1) is 25.6. The predicted octanol–water partition coefficient (Wildman–Crippen LogP) is 3.33. The average Bonchev–Trinajstić information content (AvgIpc) is 3.66. The van der Waals surface area contributed by atoms with Crippen LogP contribution < -0.4 is 20.8 Å². The number of fused-ring (bicyclic) bond motifs is 1. The second kappa shape index (κ2) is 9.37. The highest BCUT2D eigenvalue weighted by Crippen LogP contribution is 2.46. The Balaban J connectivity index is 1.53. The van der Waals surface area contributed by atoms with Crippen LogP contribution in [0.2, 0.25) is 5.02 Å². The van der Waals surface area contributed by atoms with Gasteiger partial charge in [-0.3, -0.25) is 18.9 Å². The summed E-state index contributed by atoms with van der Waals surface area (Å²) in [4.78, 5) is 33.2. The fourth-order valence-electron chi connectivity index (χ4n) is 4.15. The number of benzene rings is 2. The smallest absolute Gasteiger partial charge is 0.263 e. The molecule has 1 aliphatic carbocycles. The molecule has 0 aliphatic heterocycles. The van der Waals surface area contributed by atoms with Gasteiger partial charge in [-0.1, -0.05) is 17.7 Å². The van der Waals surface area contributed by atoms with Gasteiger partial charge in [0.05, 0.1) is 34.8 Å². The van der Waals surface area contributed by atoms with Crippen LogP contribution in [0, 0.1) is 11.2 Å². The number of ether oxygens (including phenoxy) is 1. The molecule has 4 aromatic rings. The summed E-state index contributed by atoms with van der Waals surface area (Å²) >= 11 is 5.96. The van der Waals surface area contributed by atoms with Gasteiger partial charge in [0.25, 0.3) is 15.6 Å². The number of carbonyl (C=O) groups is 1. The van der Waals surface area contributed by atoms with Crippen molar-refractivity contribution in [2.75, 3.05) is 11.8 Å². The van der Waals surface area contributed by atoms with E-state index in [1.54, 1.807) is 18.2 Å². The van der Waals surface area contributed by atoms with Crippen molar-refractivity contribution in [1.29, 1.82) is 0 Å². The van der Waals surface area contributed by atoms with E-state index in [0.29, 0.717) is 34.9 Å². The number of hydrogen-bond donors (Lipinski definition) is 2. The van der Waals surface area contributed by atoms with E-state index < -0.39 is 27.2 Å². The summed E-state index contributed by atoms with van der Waals surface area (Å²) < 4.78 is 48.4. The van der Waals surface area contributed by atoms with Crippen LogP contribution in [0.15, 0.2) is 64.7 Å². The van der Waals surface area contributed by atoms with Crippen LogP contribution >= 0.6 is 11.6 Å². The monoisotopic (exact) mass is 557 g/mol. The van der Waals surface area contributed by atoms with Crippen LogP contribution in [-0.2, 0) is 21.4 Å². The highest BCUT2D eigenvalue weighted by atomic mass is 35.5. The molecule has 1 aliphatic rings. The number of halogens is 2. The normalized spacial score (nSPS) is 14.3. The van der Waals surface area contributed by atoms with Crippen molar-refractivity contribution in [3.8, 4) is 17.0 Å². The summed E-state index contributed by atoms with van der Waals surface area (Å²) in [5, 5.41) is 0.0181. The van der Waals surface area contributed by atoms with Gasteiger partial charge in [-0.25, -0.2) is 22.8 Å². The van der Waals surface area contributed by atoms with Crippen molar-refractivity contribution in [3.05, 3.63) is 76.2 Å². The van der Waals surface area contributed by atoms with Crippen molar-refractivity contribution < 1.29 is 22.3 Å². The minimum Gasteiger partial charge on any atom is -0.480 e. The molecule has 196 valence electrons. The zero-order valence-electron chi connectivity index (χ0n) is 19.9. The van der Waals surface area contributed by atoms with E-state index in [2.05, 4.69) is 14.7 Å². The Hall–Kier alpha value is -4.03. The van der Waals surface area contributed by atoms with Crippen molar-refractivity contribution in [2.45, 2.75) is 24.3 Å². The first-order chi connectivity index (χ1) is 18.0. The molecule has 2 aromatic carbocycles. The number of sulfonamides is 1. The zero-order valence-corrected chi connectivity index (χ0v) is 21.5. The number of primary amides is 1. The molecule has 0 atom stereocenters. The Morgan fingerprint density at radius 3 is 2.61 bits per heavy atom. The van der Waals surface area contributed by atoms with Gasteiger partial charge in [-0.15, -0.1) is 0 Å². The maximum atomic E-state index is 13.4. The molecule has 2 aromatic heterocycles. The van der Waals surface area contributed by atoms with Gasteiger partial charge in [0.15, 0.2) is 0 Å². The molecule has 5 rings (SSSR count). The molecule has 0 unspecified atom stereocenters. The highest BCUT2D eigenvalue weighted by molar-refractivity contribution is 7.92. The summed E-state index contributed by atoms with van der Waals surface area (Å²) in [6, 6.07) is 9.40. The number of nitrogens with one attached hydrogen (secondary N) is 1. The third-order valence-electron chi connectivity index (χ3n) is 6.48. The molecular weight excluding hydrogens is 537 g/mol. The van der Waals surface area contributed by atoms with Crippen molar-refractivity contribution >= 4 is 44.1 Å². The minimum atomic E-state index is -4.23. The van der Waals surface area contributed by atoms with Gasteiger partial charge in [0.2, 0.25) is 11.8 Å². The number of aromatic nitrogens is 3. The van der Waals surface area contributed by atoms with Gasteiger partial charge in [-0.05, 0) is 54.8 Å². The first-order valence-corrected chi connectivity index (χ1v) is 13.2. The number of methoxy groups -OCH3 is 1. The van der Waals surface area contributed by atoms with Gasteiger partial charge >= 0.3 is 0 Å². The van der Waals surface area contributed by atoms with Crippen molar-refractivity contribution in [3.63, 3.8) is 0 Å². The molecule has 13 heteroatoms. The number of nitrogens with zero attached hydrogens (tertiary/aromatic N) is 3. The molecule has 10 nitrogen and oxygen atoms in total. The van der Waals surface area contributed by atoms with Crippen molar-refractivity contribution in [1.82, 2.24) is 14.5 Å². The Morgan fingerprint density at radius 2 is 1.95 bits per heavy atom. The lowest BCUT2D eigenvalue weighted by atomic mass is 10.0. The molecule has 1 fully saturated rings. The summed E-state index contributed by atoms with van der Waals surface area (Å²) in [5.74, 6) is -1.14. The summed E-state index contributed by atoms with van der Waals surface area (Å²) in [7, 11) is -2.90. The van der Waals surface area contributed by atoms with Crippen LogP contribution in [0.5, 0.6) is 5.88 Å². The number of anilines is 1. The zero-order chi connectivity index (χ0) is 27.2. The van der Waals surface area contributed by atoms with Gasteiger partial charge < -0.3 is 10.5 Å². The molecule has 1 amide bonds. The molecule has 0 spiro atoms. The molecule has 38 heavy (non-hydrogen) atoms. The number of hydrogen-bond acceptors (Lipinski definition) is 7. The second-order valence-electron chi connectivity index (χ2n) is 9.02. The number of amides is 1. The Bertz CT molecular complexity index is 1770. The van der Waals surface area contributed by atoms with Crippen LogP contribution in [0.3, 0.4) is 0 Å². The lowest BCUT2D eigenvalue weighted by Crippen LogP contribution is -2.33. The van der Waals surface area contributed by atoms with Crippen LogP contribution in [-0.4, -0.2) is 36.0 Å². The number of rotatable bonds is 8. The van der Waals surface area contributed by atoms with E-state index in [9.17, 15) is 22.4 Å². The number of carbonyl (C=O) groups excluding carboxylic acids is 1.